The number of nitrogens with one attached hydrogen (secondary N) is 1. The Morgan fingerprint density at radius 3 is 2.46 bits per heavy atom. The Kier molecular flexibility index (Phi) is 9.47. The molecule has 2 amide bonds. The second-order valence-corrected chi connectivity index (χ2v) is 13.0. The SMILES string of the molecule is CN(CC#CCOc1ccc(S(=O)(=O)N2CCSC(C)(C)C2C(=O)NO)cc1)C(=O)OC(C)(C)C. The molecule has 0 spiro atoms. The molecule has 1 unspecified atom stereocenters. The first-order valence-corrected chi connectivity index (χ1v) is 13.3. The van der Waals surface area contributed by atoms with Crippen LogP contribution in [-0.2, 0) is 19.6 Å². The first kappa shape index (κ1) is 28.8. The van der Waals surface area contributed by atoms with Gasteiger partial charge in [-0.05, 0) is 58.9 Å². The number of hydroxylamine groups is 1. The summed E-state index contributed by atoms with van der Waals surface area (Å²) in [7, 11) is -2.42. The van der Waals surface area contributed by atoms with Crippen LogP contribution in [0.1, 0.15) is 34.6 Å². The zero-order valence-electron chi connectivity index (χ0n) is 20.8. The van der Waals surface area contributed by atoms with Crippen LogP contribution in [0.4, 0.5) is 4.79 Å². The molecule has 2 N–H and O–H groups in total. The van der Waals surface area contributed by atoms with E-state index >= 15 is 0 Å². The highest BCUT2D eigenvalue weighted by Gasteiger charge is 2.48. The van der Waals surface area contributed by atoms with E-state index in [0.29, 0.717) is 11.5 Å². The number of rotatable bonds is 6. The summed E-state index contributed by atoms with van der Waals surface area (Å²) in [6.07, 6.45) is -0.473. The van der Waals surface area contributed by atoms with E-state index < -0.39 is 38.4 Å². The van der Waals surface area contributed by atoms with Crippen LogP contribution < -0.4 is 10.2 Å². The fraction of sp³-hybridized carbons (Fsp3) is 0.565. The average molecular weight is 528 g/mol. The fourth-order valence-electron chi connectivity index (χ4n) is 3.31. The molecular formula is C23H33N3O7S2. The summed E-state index contributed by atoms with van der Waals surface area (Å²) in [4.78, 5) is 25.6. The molecular weight excluding hydrogens is 494 g/mol. The van der Waals surface area contributed by atoms with Crippen molar-refractivity contribution in [2.24, 2.45) is 0 Å². The van der Waals surface area contributed by atoms with Gasteiger partial charge in [0.2, 0.25) is 10.0 Å². The zero-order valence-corrected chi connectivity index (χ0v) is 22.5. The van der Waals surface area contributed by atoms with Gasteiger partial charge in [-0.3, -0.25) is 10.0 Å². The van der Waals surface area contributed by atoms with E-state index in [1.165, 1.54) is 40.9 Å². The Labute approximate surface area is 211 Å². The highest BCUT2D eigenvalue weighted by molar-refractivity contribution is 8.00. The van der Waals surface area contributed by atoms with Gasteiger partial charge in [0.05, 0.1) is 11.4 Å². The first-order chi connectivity index (χ1) is 16.2. The van der Waals surface area contributed by atoms with Crippen molar-refractivity contribution in [3.8, 4) is 17.6 Å². The van der Waals surface area contributed by atoms with E-state index in [0.717, 1.165) is 4.31 Å². The molecule has 0 bridgehead atoms. The lowest BCUT2D eigenvalue weighted by Crippen LogP contribution is -2.61. The number of hydrogen-bond donors (Lipinski definition) is 2. The summed E-state index contributed by atoms with van der Waals surface area (Å²) in [5.74, 6) is 5.77. The molecule has 0 saturated carbocycles. The number of ether oxygens (including phenoxy) is 2. The smallest absolute Gasteiger partial charge is 0.410 e. The third kappa shape index (κ3) is 7.76. The van der Waals surface area contributed by atoms with E-state index in [1.54, 1.807) is 47.1 Å². The lowest BCUT2D eigenvalue weighted by atomic mass is 10.0. The van der Waals surface area contributed by atoms with E-state index in [9.17, 15) is 18.0 Å². The van der Waals surface area contributed by atoms with Crippen LogP contribution >= 0.6 is 11.8 Å². The topological polar surface area (TPSA) is 125 Å². The van der Waals surface area contributed by atoms with Crippen LogP contribution in [-0.4, -0.2) is 83.7 Å². The van der Waals surface area contributed by atoms with Crippen molar-refractivity contribution >= 4 is 33.8 Å². The molecule has 0 aliphatic carbocycles. The van der Waals surface area contributed by atoms with E-state index in [4.69, 9.17) is 14.7 Å². The Hall–Kier alpha value is -2.46. The number of hydrogen-bond acceptors (Lipinski definition) is 8. The number of amides is 2. The third-order valence-electron chi connectivity index (χ3n) is 4.98. The summed E-state index contributed by atoms with van der Waals surface area (Å²) in [5.41, 5.74) is 1.00. The molecule has 0 radical (unpaired) electrons. The van der Waals surface area contributed by atoms with Gasteiger partial charge in [-0.25, -0.2) is 18.7 Å². The molecule has 1 aliphatic heterocycles. The molecule has 2 rings (SSSR count). The maximum Gasteiger partial charge on any atom is 0.410 e. The van der Waals surface area contributed by atoms with Gasteiger partial charge >= 0.3 is 6.09 Å². The number of sulfonamides is 1. The zero-order chi connectivity index (χ0) is 26.4. The van der Waals surface area contributed by atoms with Gasteiger partial charge in [0, 0.05) is 24.1 Å². The van der Waals surface area contributed by atoms with Crippen LogP contribution in [0.25, 0.3) is 0 Å². The van der Waals surface area contributed by atoms with E-state index in [2.05, 4.69) is 11.8 Å². The predicted octanol–water partition coefficient (Wildman–Crippen LogP) is 2.33. The number of carbonyl (C=O) groups excluding carboxylic acids is 2. The number of thioether (sulfide) groups is 1. The summed E-state index contributed by atoms with van der Waals surface area (Å²) in [6.45, 7) is 9.24. The highest BCUT2D eigenvalue weighted by atomic mass is 32.2. The quantitative estimate of drug-likeness (QED) is 0.328. The van der Waals surface area contributed by atoms with Gasteiger partial charge in [0.1, 0.15) is 24.0 Å². The van der Waals surface area contributed by atoms with Gasteiger partial charge in [-0.1, -0.05) is 11.8 Å². The van der Waals surface area contributed by atoms with Crippen molar-refractivity contribution in [2.45, 2.75) is 55.9 Å². The van der Waals surface area contributed by atoms with Gasteiger partial charge in [-0.15, -0.1) is 0 Å². The van der Waals surface area contributed by atoms with Crippen LogP contribution in [0, 0.1) is 11.8 Å². The monoisotopic (exact) mass is 527 g/mol. The second-order valence-electron chi connectivity index (χ2n) is 9.40. The van der Waals surface area contributed by atoms with Crippen molar-refractivity contribution in [1.29, 1.82) is 0 Å². The molecule has 194 valence electrons. The number of benzene rings is 1. The van der Waals surface area contributed by atoms with Crippen molar-refractivity contribution in [2.75, 3.05) is 32.5 Å². The van der Waals surface area contributed by atoms with E-state index in [1.807, 2.05) is 0 Å². The maximum absolute atomic E-state index is 13.3. The maximum atomic E-state index is 13.3. The summed E-state index contributed by atoms with van der Waals surface area (Å²) in [5, 5.41) is 9.15. The average Bonchev–Trinajstić information content (AvgIpc) is 2.76. The van der Waals surface area contributed by atoms with Crippen molar-refractivity contribution in [3.63, 3.8) is 0 Å². The van der Waals surface area contributed by atoms with Crippen LogP contribution in [0.5, 0.6) is 5.75 Å². The van der Waals surface area contributed by atoms with Crippen LogP contribution in [0.15, 0.2) is 29.2 Å². The molecule has 1 heterocycles. The minimum atomic E-state index is -4.00. The van der Waals surface area contributed by atoms with Gasteiger partial charge < -0.3 is 14.4 Å². The Balaban J connectivity index is 2.01. The van der Waals surface area contributed by atoms with Crippen LogP contribution in [0.2, 0.25) is 0 Å². The standard InChI is InChI=1S/C23H33N3O7S2/c1-22(2,3)33-21(28)25(6)13-7-8-15-32-17-9-11-18(12-10-17)35(30,31)26-14-16-34-23(4,5)19(26)20(27)24-29/h9-12,19,29H,13-16H2,1-6H3,(H,24,27). The molecule has 1 aromatic carbocycles. The van der Waals surface area contributed by atoms with Gasteiger partial charge in [-0.2, -0.15) is 16.1 Å². The predicted molar refractivity (Wildman–Crippen MR) is 133 cm³/mol. The Bertz CT molecular complexity index is 1070. The molecule has 1 aliphatic rings. The highest BCUT2D eigenvalue weighted by Crippen LogP contribution is 2.38. The molecule has 12 heteroatoms. The first-order valence-electron chi connectivity index (χ1n) is 10.9. The van der Waals surface area contributed by atoms with Crippen LogP contribution in [0.3, 0.4) is 0 Å². The number of nitrogens with zero attached hydrogens (tertiary/aromatic N) is 2. The summed E-state index contributed by atoms with van der Waals surface area (Å²) < 4.78 is 37.7. The molecule has 1 atom stereocenters. The summed E-state index contributed by atoms with van der Waals surface area (Å²) >= 11 is 1.47. The molecule has 0 aromatic heterocycles. The van der Waals surface area contributed by atoms with Gasteiger partial charge in [0.25, 0.3) is 5.91 Å². The Morgan fingerprint density at radius 2 is 1.89 bits per heavy atom. The number of carbonyl (C=O) groups is 2. The van der Waals surface area contributed by atoms with E-state index in [-0.39, 0.29) is 24.6 Å². The van der Waals surface area contributed by atoms with Crippen molar-refractivity contribution in [3.05, 3.63) is 24.3 Å². The lowest BCUT2D eigenvalue weighted by Gasteiger charge is -2.43. The van der Waals surface area contributed by atoms with Crippen molar-refractivity contribution < 1.29 is 32.7 Å². The Morgan fingerprint density at radius 1 is 1.26 bits per heavy atom. The van der Waals surface area contributed by atoms with Crippen molar-refractivity contribution in [1.82, 2.24) is 14.7 Å². The molecule has 1 aromatic rings. The molecule has 10 nitrogen and oxygen atoms in total. The van der Waals surface area contributed by atoms with Gasteiger partial charge in [0.15, 0.2) is 0 Å². The normalized spacial score (nSPS) is 18.1. The molecule has 35 heavy (non-hydrogen) atoms. The molecule has 1 saturated heterocycles. The lowest BCUT2D eigenvalue weighted by molar-refractivity contribution is -0.134. The minimum absolute atomic E-state index is 0.00774. The second kappa shape index (κ2) is 11.5. The third-order valence-corrected chi connectivity index (χ3v) is 8.21. The fourth-order valence-corrected chi connectivity index (χ4v) is 6.42. The summed E-state index contributed by atoms with van der Waals surface area (Å²) in [6, 6.07) is 4.74. The molecule has 1 fully saturated rings. The largest absolute Gasteiger partial charge is 0.481 e. The minimum Gasteiger partial charge on any atom is -0.481 e.